The third-order valence-electron chi connectivity index (χ3n) is 4.31. The minimum absolute atomic E-state index is 0.0551. The van der Waals surface area contributed by atoms with Gasteiger partial charge < -0.3 is 4.74 Å². The number of nitro benzene ring substituents is 1. The molecular weight excluding hydrogens is 290 g/mol. The first-order valence-corrected chi connectivity index (χ1v) is 7.76. The van der Waals surface area contributed by atoms with Gasteiger partial charge in [-0.05, 0) is 49.1 Å². The van der Waals surface area contributed by atoms with Crippen molar-refractivity contribution in [2.24, 2.45) is 11.3 Å². The molecule has 116 valence electrons. The first-order chi connectivity index (χ1) is 9.77. The minimum atomic E-state index is -0.442. The van der Waals surface area contributed by atoms with Gasteiger partial charge >= 0.3 is 5.69 Å². The summed E-state index contributed by atoms with van der Waals surface area (Å²) in [5.74, 6) is 1.01. The summed E-state index contributed by atoms with van der Waals surface area (Å²) in [6, 6.07) is 4.57. The number of halogens is 1. The standard InChI is InChI=1S/C16H22ClNO3/c1-16(2,3)11-4-7-13(8-5-11)21-15-9-6-12(17)10-14(15)18(19)20/h6,9-11,13H,4-5,7-8H2,1-3H3. The number of benzene rings is 1. The van der Waals surface area contributed by atoms with Crippen LogP contribution in [-0.4, -0.2) is 11.0 Å². The first-order valence-electron chi connectivity index (χ1n) is 7.38. The van der Waals surface area contributed by atoms with Crippen molar-refractivity contribution in [3.8, 4) is 5.75 Å². The highest BCUT2D eigenvalue weighted by Crippen LogP contribution is 2.40. The lowest BCUT2D eigenvalue weighted by atomic mass is 9.72. The van der Waals surface area contributed by atoms with Crippen LogP contribution in [0.25, 0.3) is 0 Å². The van der Waals surface area contributed by atoms with Crippen molar-refractivity contribution in [2.75, 3.05) is 0 Å². The van der Waals surface area contributed by atoms with Crippen LogP contribution in [0.4, 0.5) is 5.69 Å². The van der Waals surface area contributed by atoms with Gasteiger partial charge in [0.15, 0.2) is 5.75 Å². The Hall–Kier alpha value is -1.29. The van der Waals surface area contributed by atoms with Gasteiger partial charge in [-0.1, -0.05) is 32.4 Å². The van der Waals surface area contributed by atoms with Crippen LogP contribution < -0.4 is 4.74 Å². The van der Waals surface area contributed by atoms with E-state index in [1.807, 2.05) is 0 Å². The van der Waals surface area contributed by atoms with Crippen molar-refractivity contribution < 1.29 is 9.66 Å². The fraction of sp³-hybridized carbons (Fsp3) is 0.625. The van der Waals surface area contributed by atoms with Crippen LogP contribution >= 0.6 is 11.6 Å². The van der Waals surface area contributed by atoms with Gasteiger partial charge in [-0.3, -0.25) is 10.1 Å². The highest BCUT2D eigenvalue weighted by Gasteiger charge is 2.31. The Morgan fingerprint density at radius 1 is 1.24 bits per heavy atom. The summed E-state index contributed by atoms with van der Waals surface area (Å²) in [5, 5.41) is 11.4. The molecule has 0 unspecified atom stereocenters. The van der Waals surface area contributed by atoms with Gasteiger partial charge in [-0.25, -0.2) is 0 Å². The highest BCUT2D eigenvalue weighted by atomic mass is 35.5. The number of ether oxygens (including phenoxy) is 1. The average molecular weight is 312 g/mol. The van der Waals surface area contributed by atoms with Gasteiger partial charge in [0.05, 0.1) is 11.0 Å². The Balaban J connectivity index is 2.03. The Kier molecular flexibility index (Phi) is 4.77. The van der Waals surface area contributed by atoms with Crippen LogP contribution in [0.5, 0.6) is 5.75 Å². The Morgan fingerprint density at radius 3 is 2.38 bits per heavy atom. The van der Waals surface area contributed by atoms with Crippen LogP contribution in [0.2, 0.25) is 5.02 Å². The molecule has 0 aromatic heterocycles. The van der Waals surface area contributed by atoms with E-state index in [2.05, 4.69) is 20.8 Å². The third-order valence-corrected chi connectivity index (χ3v) is 4.55. The molecule has 1 saturated carbocycles. The molecule has 0 saturated heterocycles. The van der Waals surface area contributed by atoms with Gasteiger partial charge in [-0.2, -0.15) is 0 Å². The third kappa shape index (κ3) is 4.10. The maximum Gasteiger partial charge on any atom is 0.312 e. The lowest BCUT2D eigenvalue weighted by Gasteiger charge is -2.36. The van der Waals surface area contributed by atoms with Crippen molar-refractivity contribution in [3.05, 3.63) is 33.3 Å². The lowest BCUT2D eigenvalue weighted by molar-refractivity contribution is -0.386. The summed E-state index contributed by atoms with van der Waals surface area (Å²) in [4.78, 5) is 10.6. The molecule has 5 heteroatoms. The van der Waals surface area contributed by atoms with Crippen LogP contribution in [0.15, 0.2) is 18.2 Å². The van der Waals surface area contributed by atoms with E-state index in [9.17, 15) is 10.1 Å². The summed E-state index contributed by atoms with van der Waals surface area (Å²) in [7, 11) is 0. The highest BCUT2D eigenvalue weighted by molar-refractivity contribution is 6.30. The summed E-state index contributed by atoms with van der Waals surface area (Å²) in [6.07, 6.45) is 4.16. The van der Waals surface area contributed by atoms with Crippen molar-refractivity contribution in [2.45, 2.75) is 52.6 Å². The van der Waals surface area contributed by atoms with Gasteiger partial charge in [0, 0.05) is 11.1 Å². The number of hydrogen-bond acceptors (Lipinski definition) is 3. The summed E-state index contributed by atoms with van der Waals surface area (Å²) in [5.41, 5.74) is 0.262. The van der Waals surface area contributed by atoms with Crippen LogP contribution in [0, 0.1) is 21.4 Å². The Labute approximate surface area is 130 Å². The maximum absolute atomic E-state index is 11.1. The van der Waals surface area contributed by atoms with E-state index in [-0.39, 0.29) is 11.8 Å². The SMILES string of the molecule is CC(C)(C)C1CCC(Oc2ccc(Cl)cc2[N+](=O)[O-])CC1. The number of hydrogen-bond donors (Lipinski definition) is 0. The second kappa shape index (κ2) is 6.22. The molecule has 0 N–H and O–H groups in total. The van der Waals surface area contributed by atoms with Gasteiger partial charge in [0.1, 0.15) is 0 Å². The first kappa shape index (κ1) is 16.1. The van der Waals surface area contributed by atoms with Crippen molar-refractivity contribution >= 4 is 17.3 Å². The minimum Gasteiger partial charge on any atom is -0.484 e. The van der Waals surface area contributed by atoms with E-state index in [1.165, 1.54) is 6.07 Å². The number of rotatable bonds is 3. The summed E-state index contributed by atoms with van der Waals surface area (Å²) >= 11 is 5.81. The van der Waals surface area contributed by atoms with Gasteiger partial charge in [0.25, 0.3) is 0 Å². The summed E-state index contributed by atoms with van der Waals surface area (Å²) < 4.78 is 5.86. The number of nitrogens with zero attached hydrogens (tertiary/aromatic N) is 1. The normalized spacial score (nSPS) is 22.9. The zero-order valence-corrected chi connectivity index (χ0v) is 13.5. The second-order valence-corrected chi connectivity index (χ2v) is 7.26. The van der Waals surface area contributed by atoms with E-state index >= 15 is 0 Å². The molecule has 1 aliphatic rings. The molecule has 1 aromatic carbocycles. The monoisotopic (exact) mass is 311 g/mol. The lowest BCUT2D eigenvalue weighted by Crippen LogP contribution is -2.30. The molecule has 0 radical (unpaired) electrons. The van der Waals surface area contributed by atoms with E-state index in [4.69, 9.17) is 16.3 Å². The molecule has 0 atom stereocenters. The van der Waals surface area contributed by atoms with Crippen LogP contribution in [-0.2, 0) is 0 Å². The predicted molar refractivity (Wildman–Crippen MR) is 83.9 cm³/mol. The van der Waals surface area contributed by atoms with Gasteiger partial charge in [0.2, 0.25) is 0 Å². The molecule has 21 heavy (non-hydrogen) atoms. The smallest absolute Gasteiger partial charge is 0.312 e. The molecular formula is C16H22ClNO3. The van der Waals surface area contributed by atoms with Crippen molar-refractivity contribution in [1.82, 2.24) is 0 Å². The van der Waals surface area contributed by atoms with E-state index in [0.717, 1.165) is 25.7 Å². The van der Waals surface area contributed by atoms with Crippen molar-refractivity contribution in [1.29, 1.82) is 0 Å². The molecule has 0 amide bonds. The molecule has 0 spiro atoms. The molecule has 1 fully saturated rings. The zero-order valence-electron chi connectivity index (χ0n) is 12.8. The Bertz CT molecular complexity index is 517. The van der Waals surface area contributed by atoms with Crippen molar-refractivity contribution in [3.63, 3.8) is 0 Å². The largest absolute Gasteiger partial charge is 0.484 e. The quantitative estimate of drug-likeness (QED) is 0.567. The molecule has 0 bridgehead atoms. The fourth-order valence-corrected chi connectivity index (χ4v) is 3.13. The average Bonchev–Trinajstić information content (AvgIpc) is 2.40. The molecule has 1 aromatic rings. The molecule has 0 heterocycles. The van der Waals surface area contributed by atoms with E-state index in [1.54, 1.807) is 12.1 Å². The number of nitro groups is 1. The van der Waals surface area contributed by atoms with Crippen LogP contribution in [0.3, 0.4) is 0 Å². The van der Waals surface area contributed by atoms with E-state index in [0.29, 0.717) is 22.1 Å². The zero-order chi connectivity index (χ0) is 15.6. The van der Waals surface area contributed by atoms with Crippen LogP contribution in [0.1, 0.15) is 46.5 Å². The molecule has 1 aliphatic carbocycles. The fourth-order valence-electron chi connectivity index (χ4n) is 2.96. The molecule has 0 aliphatic heterocycles. The maximum atomic E-state index is 11.1. The molecule has 2 rings (SSSR count). The Morgan fingerprint density at radius 2 is 1.86 bits per heavy atom. The van der Waals surface area contributed by atoms with Gasteiger partial charge in [-0.15, -0.1) is 0 Å². The molecule has 4 nitrogen and oxygen atoms in total. The predicted octanol–water partition coefficient (Wildman–Crippen LogP) is 5.23. The summed E-state index contributed by atoms with van der Waals surface area (Å²) in [6.45, 7) is 6.80. The second-order valence-electron chi connectivity index (χ2n) is 6.83. The van der Waals surface area contributed by atoms with E-state index < -0.39 is 4.92 Å². The topological polar surface area (TPSA) is 52.4 Å².